The van der Waals surface area contributed by atoms with Crippen LogP contribution in [0, 0.1) is 13.8 Å². The standard InChI is InChI=1S/C23H23ClN2O3/c1-14-11-15(2)26-23(28)20(14)13-25-22(27)17-9-10-19(21(24)12-17)16(3)29-18-7-5-4-6-8-18/h4-12,16H,13H2,1-3H3,(H,25,27)(H,26,28)/t16-/m1/s1. The van der Waals surface area contributed by atoms with E-state index in [0.717, 1.165) is 22.6 Å². The molecule has 1 heterocycles. The molecule has 0 unspecified atom stereocenters. The molecular formula is C23H23ClN2O3. The number of ether oxygens (including phenoxy) is 1. The van der Waals surface area contributed by atoms with Crippen molar-refractivity contribution in [2.75, 3.05) is 0 Å². The third kappa shape index (κ3) is 5.06. The summed E-state index contributed by atoms with van der Waals surface area (Å²) in [6.45, 7) is 5.72. The van der Waals surface area contributed by atoms with Gasteiger partial charge in [0.1, 0.15) is 11.9 Å². The summed E-state index contributed by atoms with van der Waals surface area (Å²) in [5.74, 6) is 0.450. The lowest BCUT2D eigenvalue weighted by atomic mass is 10.1. The predicted molar refractivity (Wildman–Crippen MR) is 115 cm³/mol. The Kier molecular flexibility index (Phi) is 6.39. The Morgan fingerprint density at radius 1 is 1.14 bits per heavy atom. The molecule has 150 valence electrons. The summed E-state index contributed by atoms with van der Waals surface area (Å²) < 4.78 is 5.90. The van der Waals surface area contributed by atoms with Crippen LogP contribution in [-0.4, -0.2) is 10.9 Å². The van der Waals surface area contributed by atoms with Gasteiger partial charge in [-0.1, -0.05) is 35.9 Å². The van der Waals surface area contributed by atoms with Crippen molar-refractivity contribution in [3.63, 3.8) is 0 Å². The van der Waals surface area contributed by atoms with Crippen LogP contribution in [0.4, 0.5) is 0 Å². The monoisotopic (exact) mass is 410 g/mol. The largest absolute Gasteiger partial charge is 0.486 e. The summed E-state index contributed by atoms with van der Waals surface area (Å²) in [5.41, 5.74) is 3.19. The van der Waals surface area contributed by atoms with Gasteiger partial charge in [0.15, 0.2) is 0 Å². The fourth-order valence-electron chi connectivity index (χ4n) is 3.14. The lowest BCUT2D eigenvalue weighted by Crippen LogP contribution is -2.28. The van der Waals surface area contributed by atoms with Crippen molar-refractivity contribution >= 4 is 17.5 Å². The number of nitrogens with one attached hydrogen (secondary N) is 2. The average molecular weight is 411 g/mol. The quantitative estimate of drug-likeness (QED) is 0.617. The molecule has 0 aliphatic carbocycles. The second kappa shape index (κ2) is 8.97. The Balaban J connectivity index is 1.69. The van der Waals surface area contributed by atoms with Crippen molar-refractivity contribution in [1.82, 2.24) is 10.3 Å². The highest BCUT2D eigenvalue weighted by Gasteiger charge is 2.15. The van der Waals surface area contributed by atoms with Crippen LogP contribution in [0.1, 0.15) is 45.8 Å². The predicted octanol–water partition coefficient (Wildman–Crippen LogP) is 4.72. The third-order valence-electron chi connectivity index (χ3n) is 4.68. The number of hydrogen-bond acceptors (Lipinski definition) is 3. The lowest BCUT2D eigenvalue weighted by molar-refractivity contribution is 0.0950. The number of rotatable bonds is 6. The molecule has 6 heteroatoms. The number of amides is 1. The molecule has 0 saturated carbocycles. The molecule has 1 atom stereocenters. The minimum Gasteiger partial charge on any atom is -0.486 e. The summed E-state index contributed by atoms with van der Waals surface area (Å²) in [6.07, 6.45) is -0.268. The van der Waals surface area contributed by atoms with Crippen LogP contribution in [0.5, 0.6) is 5.75 Å². The molecule has 0 saturated heterocycles. The number of hydrogen-bond donors (Lipinski definition) is 2. The molecule has 0 bridgehead atoms. The number of carbonyl (C=O) groups is 1. The van der Waals surface area contributed by atoms with Gasteiger partial charge in [-0.3, -0.25) is 9.59 Å². The second-order valence-electron chi connectivity index (χ2n) is 6.94. The molecule has 1 aromatic heterocycles. The molecule has 0 spiro atoms. The van der Waals surface area contributed by atoms with Crippen molar-refractivity contribution in [3.8, 4) is 5.75 Å². The SMILES string of the molecule is Cc1cc(C)c(CNC(=O)c2ccc([C@@H](C)Oc3ccccc3)c(Cl)c2)c(=O)[nH]1. The molecule has 2 aromatic carbocycles. The summed E-state index contributed by atoms with van der Waals surface area (Å²) in [5, 5.41) is 3.23. The topological polar surface area (TPSA) is 71.2 Å². The zero-order valence-electron chi connectivity index (χ0n) is 16.6. The molecule has 0 aliphatic rings. The van der Waals surface area contributed by atoms with E-state index in [1.807, 2.05) is 57.2 Å². The zero-order chi connectivity index (χ0) is 21.0. The highest BCUT2D eigenvalue weighted by Crippen LogP contribution is 2.28. The van der Waals surface area contributed by atoms with Gasteiger partial charge in [0.2, 0.25) is 0 Å². The van der Waals surface area contributed by atoms with E-state index in [0.29, 0.717) is 16.1 Å². The first-order valence-electron chi connectivity index (χ1n) is 9.34. The van der Waals surface area contributed by atoms with Crippen LogP contribution in [0.3, 0.4) is 0 Å². The van der Waals surface area contributed by atoms with Gasteiger partial charge in [0, 0.05) is 34.0 Å². The van der Waals surface area contributed by atoms with Crippen LogP contribution in [0.25, 0.3) is 0 Å². The molecule has 3 rings (SSSR count). The molecule has 1 amide bonds. The number of benzene rings is 2. The van der Waals surface area contributed by atoms with Crippen molar-refractivity contribution in [2.24, 2.45) is 0 Å². The van der Waals surface area contributed by atoms with E-state index in [1.165, 1.54) is 0 Å². The molecule has 0 radical (unpaired) electrons. The van der Waals surface area contributed by atoms with Gasteiger partial charge in [0.05, 0.1) is 0 Å². The van der Waals surface area contributed by atoms with E-state index in [1.54, 1.807) is 18.2 Å². The summed E-state index contributed by atoms with van der Waals surface area (Å²) in [7, 11) is 0. The Labute approximate surface area is 174 Å². The van der Waals surface area contributed by atoms with E-state index < -0.39 is 0 Å². The van der Waals surface area contributed by atoms with Gasteiger partial charge in [-0.05, 0) is 56.7 Å². The fraction of sp³-hybridized carbons (Fsp3) is 0.217. The van der Waals surface area contributed by atoms with Crippen LogP contribution < -0.4 is 15.6 Å². The van der Waals surface area contributed by atoms with Gasteiger partial charge >= 0.3 is 0 Å². The van der Waals surface area contributed by atoms with Gasteiger partial charge in [-0.2, -0.15) is 0 Å². The van der Waals surface area contributed by atoms with Crippen LogP contribution in [0.15, 0.2) is 59.4 Å². The number of carbonyl (C=O) groups excluding carboxylic acids is 1. The zero-order valence-corrected chi connectivity index (χ0v) is 17.3. The Hall–Kier alpha value is -3.05. The van der Waals surface area contributed by atoms with E-state index >= 15 is 0 Å². The highest BCUT2D eigenvalue weighted by molar-refractivity contribution is 6.31. The van der Waals surface area contributed by atoms with Crippen molar-refractivity contribution < 1.29 is 9.53 Å². The average Bonchev–Trinajstić information content (AvgIpc) is 2.67. The third-order valence-corrected chi connectivity index (χ3v) is 5.00. The number of H-pyrrole nitrogens is 1. The molecule has 0 fully saturated rings. The maximum absolute atomic E-state index is 12.5. The van der Waals surface area contributed by atoms with Crippen LogP contribution in [0.2, 0.25) is 5.02 Å². The normalized spacial score (nSPS) is 11.7. The first kappa shape index (κ1) is 20.7. The Morgan fingerprint density at radius 3 is 2.52 bits per heavy atom. The molecule has 0 aliphatic heterocycles. The number of halogens is 1. The van der Waals surface area contributed by atoms with Crippen LogP contribution in [-0.2, 0) is 6.54 Å². The van der Waals surface area contributed by atoms with E-state index in [9.17, 15) is 9.59 Å². The second-order valence-corrected chi connectivity index (χ2v) is 7.34. The molecule has 2 N–H and O–H groups in total. The number of aryl methyl sites for hydroxylation is 2. The first-order chi connectivity index (χ1) is 13.8. The maximum atomic E-state index is 12.5. The number of aromatic amines is 1. The summed E-state index contributed by atoms with van der Waals surface area (Å²) in [6, 6.07) is 16.5. The molecule has 5 nitrogen and oxygen atoms in total. The minimum absolute atomic E-state index is 0.146. The van der Waals surface area contributed by atoms with E-state index in [-0.39, 0.29) is 24.1 Å². The fourth-order valence-corrected chi connectivity index (χ4v) is 3.47. The summed E-state index contributed by atoms with van der Waals surface area (Å²) in [4.78, 5) is 27.4. The van der Waals surface area contributed by atoms with Crippen molar-refractivity contribution in [3.05, 3.63) is 97.9 Å². The van der Waals surface area contributed by atoms with Gasteiger partial charge in [0.25, 0.3) is 11.5 Å². The Bertz CT molecular complexity index is 1080. The van der Waals surface area contributed by atoms with E-state index in [2.05, 4.69) is 10.3 Å². The van der Waals surface area contributed by atoms with Crippen molar-refractivity contribution in [1.29, 1.82) is 0 Å². The van der Waals surface area contributed by atoms with Crippen molar-refractivity contribution in [2.45, 2.75) is 33.4 Å². The van der Waals surface area contributed by atoms with Gasteiger partial charge < -0.3 is 15.0 Å². The Morgan fingerprint density at radius 2 is 1.86 bits per heavy atom. The summed E-state index contributed by atoms with van der Waals surface area (Å²) >= 11 is 6.40. The van der Waals surface area contributed by atoms with Gasteiger partial charge in [-0.15, -0.1) is 0 Å². The van der Waals surface area contributed by atoms with Crippen LogP contribution >= 0.6 is 11.6 Å². The smallest absolute Gasteiger partial charge is 0.253 e. The molecule has 3 aromatic rings. The number of para-hydroxylation sites is 1. The minimum atomic E-state index is -0.297. The molecule has 29 heavy (non-hydrogen) atoms. The number of pyridine rings is 1. The first-order valence-corrected chi connectivity index (χ1v) is 9.71. The molecular weight excluding hydrogens is 388 g/mol. The highest BCUT2D eigenvalue weighted by atomic mass is 35.5. The maximum Gasteiger partial charge on any atom is 0.253 e. The lowest BCUT2D eigenvalue weighted by Gasteiger charge is -2.17. The van der Waals surface area contributed by atoms with Gasteiger partial charge in [-0.25, -0.2) is 0 Å². The number of aromatic nitrogens is 1. The van der Waals surface area contributed by atoms with E-state index in [4.69, 9.17) is 16.3 Å².